The fourth-order valence-electron chi connectivity index (χ4n) is 3.63. The van der Waals surface area contributed by atoms with Crippen LogP contribution in [0.1, 0.15) is 35.3 Å². The van der Waals surface area contributed by atoms with Crippen molar-refractivity contribution in [1.82, 2.24) is 9.55 Å². The van der Waals surface area contributed by atoms with Crippen molar-refractivity contribution in [2.45, 2.75) is 45.6 Å². The minimum absolute atomic E-state index is 0.0710. The number of non-ortho nitro benzene ring substituents is 1. The van der Waals surface area contributed by atoms with Crippen LogP contribution >= 0.6 is 11.3 Å². The zero-order chi connectivity index (χ0) is 20.5. The summed E-state index contributed by atoms with van der Waals surface area (Å²) in [6.07, 6.45) is 5.70. The molecule has 0 aliphatic heterocycles. The van der Waals surface area contributed by atoms with E-state index in [0.717, 1.165) is 41.6 Å². The summed E-state index contributed by atoms with van der Waals surface area (Å²) in [5, 5.41) is 14.3. The first-order chi connectivity index (χ1) is 13.9. The number of nitrogens with zero attached hydrogens (tertiary/aromatic N) is 3. The molecule has 0 bridgehead atoms. The quantitative estimate of drug-likeness (QED) is 0.509. The maximum atomic E-state index is 12.9. The predicted molar refractivity (Wildman–Crippen MR) is 112 cm³/mol. The Balaban J connectivity index is 1.51. The Bertz CT molecular complexity index is 1180. The molecule has 0 unspecified atom stereocenters. The zero-order valence-corrected chi connectivity index (χ0v) is 16.8. The van der Waals surface area contributed by atoms with Crippen molar-refractivity contribution in [2.75, 3.05) is 5.32 Å². The highest BCUT2D eigenvalue weighted by Gasteiger charge is 2.20. The number of hydrogen-bond donors (Lipinski definition) is 1. The van der Waals surface area contributed by atoms with Crippen LogP contribution in [-0.4, -0.2) is 20.4 Å². The van der Waals surface area contributed by atoms with E-state index >= 15 is 0 Å². The van der Waals surface area contributed by atoms with E-state index in [1.54, 1.807) is 24.3 Å². The number of thiophene rings is 1. The lowest BCUT2D eigenvalue weighted by molar-refractivity contribution is -0.384. The van der Waals surface area contributed by atoms with Gasteiger partial charge in [-0.3, -0.25) is 24.3 Å². The fourth-order valence-corrected chi connectivity index (χ4v) is 4.85. The first-order valence-electron chi connectivity index (χ1n) is 9.48. The molecule has 2 aromatic heterocycles. The second-order valence-electron chi connectivity index (χ2n) is 7.19. The van der Waals surface area contributed by atoms with Gasteiger partial charge in [0.1, 0.15) is 4.83 Å². The van der Waals surface area contributed by atoms with Crippen LogP contribution in [0.25, 0.3) is 10.2 Å². The van der Waals surface area contributed by atoms with E-state index in [0.29, 0.717) is 11.1 Å². The van der Waals surface area contributed by atoms with Crippen LogP contribution in [0, 0.1) is 17.0 Å². The molecule has 0 radical (unpaired) electrons. The second kappa shape index (κ2) is 7.75. The van der Waals surface area contributed by atoms with Crippen molar-refractivity contribution >= 4 is 38.8 Å². The second-order valence-corrected chi connectivity index (χ2v) is 8.27. The topological polar surface area (TPSA) is 107 Å². The molecule has 1 amide bonds. The molecule has 3 aromatic rings. The Kier molecular flexibility index (Phi) is 5.14. The third-order valence-electron chi connectivity index (χ3n) is 5.23. The van der Waals surface area contributed by atoms with Crippen molar-refractivity contribution in [2.24, 2.45) is 0 Å². The van der Waals surface area contributed by atoms with Gasteiger partial charge < -0.3 is 5.32 Å². The van der Waals surface area contributed by atoms with Crippen molar-refractivity contribution in [3.63, 3.8) is 0 Å². The lowest BCUT2D eigenvalue weighted by atomic mass is 9.97. The summed E-state index contributed by atoms with van der Waals surface area (Å²) < 4.78 is 1.48. The number of nitrogens with one attached hydrogen (secondary N) is 1. The number of carbonyl (C=O) groups excluding carboxylic acids is 1. The summed E-state index contributed by atoms with van der Waals surface area (Å²) in [6, 6.07) is 4.33. The summed E-state index contributed by atoms with van der Waals surface area (Å²) in [6.45, 7) is 1.97. The molecule has 0 spiro atoms. The average Bonchev–Trinajstić information content (AvgIpc) is 3.08. The molecule has 4 rings (SSSR count). The number of amides is 1. The number of nitro benzene ring substituents is 1. The van der Waals surface area contributed by atoms with Gasteiger partial charge in [-0.25, -0.2) is 4.98 Å². The molecule has 0 saturated heterocycles. The van der Waals surface area contributed by atoms with Gasteiger partial charge in [-0.2, -0.15) is 0 Å². The molecule has 1 aliphatic rings. The Morgan fingerprint density at radius 3 is 2.93 bits per heavy atom. The van der Waals surface area contributed by atoms with Crippen molar-refractivity contribution < 1.29 is 9.72 Å². The van der Waals surface area contributed by atoms with Crippen LogP contribution in [0.2, 0.25) is 0 Å². The molecule has 150 valence electrons. The van der Waals surface area contributed by atoms with Gasteiger partial charge >= 0.3 is 0 Å². The van der Waals surface area contributed by atoms with E-state index in [2.05, 4.69) is 10.3 Å². The summed E-state index contributed by atoms with van der Waals surface area (Å²) in [4.78, 5) is 42.2. The van der Waals surface area contributed by atoms with E-state index in [9.17, 15) is 19.7 Å². The fraction of sp³-hybridized carbons (Fsp3) is 0.350. The minimum Gasteiger partial charge on any atom is -0.326 e. The van der Waals surface area contributed by atoms with Gasteiger partial charge in [-0.1, -0.05) is 6.07 Å². The SMILES string of the molecule is Cc1ccc([N+](=O)[O-])cc1NC(=O)CCn1cnc2sc3c(c2c1=O)CCCC3. The van der Waals surface area contributed by atoms with Gasteiger partial charge in [0.05, 0.1) is 22.3 Å². The largest absolute Gasteiger partial charge is 0.326 e. The van der Waals surface area contributed by atoms with E-state index in [-0.39, 0.29) is 30.1 Å². The number of benzene rings is 1. The first-order valence-corrected chi connectivity index (χ1v) is 10.3. The van der Waals surface area contributed by atoms with Crippen LogP contribution in [-0.2, 0) is 24.2 Å². The standard InChI is InChI=1S/C20H20N4O4S/c1-12-6-7-13(24(27)28)10-15(12)22-17(25)8-9-23-11-21-19-18(20(23)26)14-4-2-3-5-16(14)29-19/h6-7,10-11H,2-5,8-9H2,1H3,(H,22,25). The van der Waals surface area contributed by atoms with E-state index in [1.807, 2.05) is 0 Å². The minimum atomic E-state index is -0.503. The van der Waals surface area contributed by atoms with Gasteiger partial charge in [0.15, 0.2) is 0 Å². The summed E-state index contributed by atoms with van der Waals surface area (Å²) in [5.74, 6) is -0.312. The first kappa shape index (κ1) is 19.3. The van der Waals surface area contributed by atoms with Crippen LogP contribution in [0.5, 0.6) is 0 Å². The summed E-state index contributed by atoms with van der Waals surface area (Å²) in [7, 11) is 0. The Morgan fingerprint density at radius 1 is 1.34 bits per heavy atom. The molecule has 2 heterocycles. The lowest BCUT2D eigenvalue weighted by Gasteiger charge is -2.11. The van der Waals surface area contributed by atoms with Crippen molar-refractivity contribution in [3.8, 4) is 0 Å². The van der Waals surface area contributed by atoms with E-state index in [1.165, 1.54) is 27.9 Å². The molecule has 9 heteroatoms. The molecule has 1 aromatic carbocycles. The Hall–Kier alpha value is -3.07. The van der Waals surface area contributed by atoms with Gasteiger partial charge in [-0.05, 0) is 43.7 Å². The predicted octanol–water partition coefficient (Wildman–Crippen LogP) is 3.58. The molecular formula is C20H20N4O4S. The number of aryl methyl sites for hydroxylation is 4. The Morgan fingerprint density at radius 2 is 2.14 bits per heavy atom. The number of aromatic nitrogens is 2. The summed E-state index contributed by atoms with van der Waals surface area (Å²) >= 11 is 1.60. The van der Waals surface area contributed by atoms with Crippen LogP contribution < -0.4 is 10.9 Å². The van der Waals surface area contributed by atoms with Gasteiger partial charge in [0.2, 0.25) is 5.91 Å². The highest BCUT2D eigenvalue weighted by Crippen LogP contribution is 2.33. The highest BCUT2D eigenvalue weighted by molar-refractivity contribution is 7.18. The van der Waals surface area contributed by atoms with Gasteiger partial charge in [-0.15, -0.1) is 11.3 Å². The van der Waals surface area contributed by atoms with Crippen molar-refractivity contribution in [1.29, 1.82) is 0 Å². The molecule has 1 aliphatic carbocycles. The molecule has 0 atom stereocenters. The molecule has 8 nitrogen and oxygen atoms in total. The van der Waals surface area contributed by atoms with Gasteiger partial charge in [0, 0.05) is 30.0 Å². The molecule has 29 heavy (non-hydrogen) atoms. The molecule has 0 fully saturated rings. The highest BCUT2D eigenvalue weighted by atomic mass is 32.1. The van der Waals surface area contributed by atoms with Crippen molar-refractivity contribution in [3.05, 3.63) is 61.0 Å². The normalized spacial score (nSPS) is 13.3. The number of hydrogen-bond acceptors (Lipinski definition) is 6. The van der Waals surface area contributed by atoms with E-state index in [4.69, 9.17) is 0 Å². The molecule has 0 saturated carbocycles. The van der Waals surface area contributed by atoms with Gasteiger partial charge in [0.25, 0.3) is 11.2 Å². The zero-order valence-electron chi connectivity index (χ0n) is 15.9. The third kappa shape index (κ3) is 3.77. The lowest BCUT2D eigenvalue weighted by Crippen LogP contribution is -2.24. The average molecular weight is 412 g/mol. The molecular weight excluding hydrogens is 392 g/mol. The van der Waals surface area contributed by atoms with E-state index < -0.39 is 4.92 Å². The summed E-state index contributed by atoms with van der Waals surface area (Å²) in [5.41, 5.74) is 2.07. The smallest absolute Gasteiger partial charge is 0.271 e. The maximum Gasteiger partial charge on any atom is 0.271 e. The number of rotatable bonds is 5. The number of nitro groups is 1. The number of carbonyl (C=O) groups is 1. The maximum absolute atomic E-state index is 12.9. The monoisotopic (exact) mass is 412 g/mol. The number of fused-ring (bicyclic) bond motifs is 3. The van der Waals surface area contributed by atoms with Crippen LogP contribution in [0.3, 0.4) is 0 Å². The Labute approximate surface area is 170 Å². The number of anilines is 1. The van der Waals surface area contributed by atoms with Crippen LogP contribution in [0.4, 0.5) is 11.4 Å². The third-order valence-corrected chi connectivity index (χ3v) is 6.43. The molecule has 1 N–H and O–H groups in total. The van der Waals surface area contributed by atoms with Crippen LogP contribution in [0.15, 0.2) is 29.3 Å².